The van der Waals surface area contributed by atoms with Crippen molar-refractivity contribution in [2.24, 2.45) is 0 Å². The Hall–Kier alpha value is -1.60. The number of fused-ring (bicyclic) bond motifs is 1. The standard InChI is InChI=1S/C18H29NO5Si/c1-11(24-25(7,8)18(2,3)4)12-9-13-15(22-5)16(20)19(13)14(10-12)17(21)23-6/h9,13-15H,1,10H2,2-8H3/t13-,14+,15+/m0/s1. The molecule has 7 heteroatoms. The van der Waals surface area contributed by atoms with E-state index in [9.17, 15) is 9.59 Å². The topological polar surface area (TPSA) is 65.1 Å². The molecule has 0 spiro atoms. The number of esters is 1. The third-order valence-corrected chi connectivity index (χ3v) is 9.89. The first kappa shape index (κ1) is 19.7. The van der Waals surface area contributed by atoms with E-state index in [-0.39, 0.29) is 17.0 Å². The molecular formula is C18H29NO5Si. The molecule has 0 aromatic rings. The summed E-state index contributed by atoms with van der Waals surface area (Å²) in [6.45, 7) is 14.9. The molecule has 0 bridgehead atoms. The van der Waals surface area contributed by atoms with E-state index >= 15 is 0 Å². The quantitative estimate of drug-likeness (QED) is 0.323. The maximum Gasteiger partial charge on any atom is 0.328 e. The van der Waals surface area contributed by atoms with E-state index in [0.29, 0.717) is 12.2 Å². The Bertz CT molecular complexity index is 619. The Morgan fingerprint density at radius 3 is 2.40 bits per heavy atom. The summed E-state index contributed by atoms with van der Waals surface area (Å²) in [5.41, 5.74) is 0.844. The minimum atomic E-state index is -2.04. The first-order valence-corrected chi connectivity index (χ1v) is 11.4. The Morgan fingerprint density at radius 2 is 1.92 bits per heavy atom. The SMILES string of the molecule is C=C(O[Si](C)(C)C(C)(C)C)C1=C[C@H]2[C@@H](OC)C(=O)N2[C@@H](C(=O)OC)C1. The van der Waals surface area contributed by atoms with Crippen LogP contribution in [0.4, 0.5) is 0 Å². The van der Waals surface area contributed by atoms with Gasteiger partial charge < -0.3 is 18.8 Å². The van der Waals surface area contributed by atoms with Crippen molar-refractivity contribution in [2.45, 2.75) is 63.5 Å². The van der Waals surface area contributed by atoms with E-state index in [1.54, 1.807) is 0 Å². The van der Waals surface area contributed by atoms with E-state index < -0.39 is 26.4 Å². The Labute approximate surface area is 150 Å². The number of ether oxygens (including phenoxy) is 2. The maximum absolute atomic E-state index is 12.2. The van der Waals surface area contributed by atoms with Crippen molar-refractivity contribution in [1.82, 2.24) is 4.90 Å². The van der Waals surface area contributed by atoms with Crippen LogP contribution in [0.15, 0.2) is 24.0 Å². The minimum absolute atomic E-state index is 0.0421. The molecule has 0 radical (unpaired) electrons. The molecule has 1 saturated heterocycles. The van der Waals surface area contributed by atoms with Crippen LogP contribution in [0, 0.1) is 0 Å². The number of carbonyl (C=O) groups is 2. The summed E-state index contributed by atoms with van der Waals surface area (Å²) in [4.78, 5) is 25.9. The van der Waals surface area contributed by atoms with Crippen LogP contribution in [0.1, 0.15) is 27.2 Å². The van der Waals surface area contributed by atoms with Crippen LogP contribution in [-0.4, -0.2) is 57.5 Å². The summed E-state index contributed by atoms with van der Waals surface area (Å²) in [6.07, 6.45) is 1.71. The zero-order valence-corrected chi connectivity index (χ0v) is 17.2. The normalized spacial score (nSPS) is 26.4. The third-order valence-electron chi connectivity index (χ3n) is 5.52. The molecule has 6 nitrogen and oxygen atoms in total. The zero-order chi connectivity index (χ0) is 19.2. The lowest BCUT2D eigenvalue weighted by molar-refractivity contribution is -0.179. The lowest BCUT2D eigenvalue weighted by Crippen LogP contribution is -2.70. The number of β-lactam (4-membered cyclic amide) rings is 1. The molecule has 0 saturated carbocycles. The number of nitrogens with zero attached hydrogens (tertiary/aromatic N) is 1. The molecule has 2 aliphatic rings. The fourth-order valence-corrected chi connectivity index (χ4v) is 3.97. The van der Waals surface area contributed by atoms with Crippen LogP contribution < -0.4 is 0 Å². The van der Waals surface area contributed by atoms with E-state index in [0.717, 1.165) is 5.57 Å². The zero-order valence-electron chi connectivity index (χ0n) is 16.2. The lowest BCUT2D eigenvalue weighted by atomic mass is 9.85. The summed E-state index contributed by atoms with van der Waals surface area (Å²) in [6, 6.07) is -0.946. The van der Waals surface area contributed by atoms with Crippen molar-refractivity contribution in [3.8, 4) is 0 Å². The smallest absolute Gasteiger partial charge is 0.328 e. The van der Waals surface area contributed by atoms with Crippen molar-refractivity contribution < 1.29 is 23.5 Å². The number of allylic oxidation sites excluding steroid dienone is 1. The van der Waals surface area contributed by atoms with Gasteiger partial charge in [0.25, 0.3) is 5.91 Å². The average Bonchev–Trinajstić information content (AvgIpc) is 2.51. The Kier molecular flexibility index (Phi) is 5.21. The summed E-state index contributed by atoms with van der Waals surface area (Å²) in [5.74, 6) is -0.0397. The number of amides is 1. The first-order chi connectivity index (χ1) is 11.4. The van der Waals surface area contributed by atoms with Gasteiger partial charge in [0, 0.05) is 13.5 Å². The highest BCUT2D eigenvalue weighted by Gasteiger charge is 2.54. The van der Waals surface area contributed by atoms with E-state index in [1.165, 1.54) is 19.1 Å². The average molecular weight is 368 g/mol. The largest absolute Gasteiger partial charge is 0.544 e. The molecule has 0 N–H and O–H groups in total. The summed E-state index contributed by atoms with van der Waals surface area (Å²) in [7, 11) is 0.786. The van der Waals surface area contributed by atoms with Crippen molar-refractivity contribution in [3.05, 3.63) is 24.0 Å². The number of rotatable bonds is 5. The van der Waals surface area contributed by atoms with Gasteiger partial charge in [0.15, 0.2) is 6.10 Å². The fraction of sp³-hybridized carbons (Fsp3) is 0.667. The molecule has 140 valence electrons. The number of hydrogen-bond acceptors (Lipinski definition) is 5. The Morgan fingerprint density at radius 1 is 1.32 bits per heavy atom. The van der Waals surface area contributed by atoms with Crippen LogP contribution in [0.3, 0.4) is 0 Å². The molecule has 0 aliphatic carbocycles. The van der Waals surface area contributed by atoms with Crippen molar-refractivity contribution in [1.29, 1.82) is 0 Å². The van der Waals surface area contributed by atoms with Gasteiger partial charge in [-0.15, -0.1) is 0 Å². The van der Waals surface area contributed by atoms with Crippen molar-refractivity contribution in [2.75, 3.05) is 14.2 Å². The van der Waals surface area contributed by atoms with Gasteiger partial charge in [-0.25, -0.2) is 4.79 Å². The third kappa shape index (κ3) is 3.39. The second-order valence-electron chi connectivity index (χ2n) is 8.11. The molecule has 0 aromatic carbocycles. The molecule has 25 heavy (non-hydrogen) atoms. The predicted octanol–water partition coefficient (Wildman–Crippen LogP) is 2.62. The number of carbonyl (C=O) groups excluding carboxylic acids is 2. The van der Waals surface area contributed by atoms with Gasteiger partial charge in [0.05, 0.1) is 18.9 Å². The van der Waals surface area contributed by atoms with Crippen LogP contribution in [0.5, 0.6) is 0 Å². The maximum atomic E-state index is 12.2. The summed E-state index contributed by atoms with van der Waals surface area (Å²) < 4.78 is 16.4. The van der Waals surface area contributed by atoms with E-state index in [4.69, 9.17) is 13.9 Å². The predicted molar refractivity (Wildman–Crippen MR) is 97.4 cm³/mol. The van der Waals surface area contributed by atoms with Crippen LogP contribution >= 0.6 is 0 Å². The van der Waals surface area contributed by atoms with E-state index in [2.05, 4.69) is 40.4 Å². The van der Waals surface area contributed by atoms with Gasteiger partial charge in [0.1, 0.15) is 6.04 Å². The van der Waals surface area contributed by atoms with Crippen LogP contribution in [0.25, 0.3) is 0 Å². The van der Waals surface area contributed by atoms with Gasteiger partial charge in [0.2, 0.25) is 8.32 Å². The van der Waals surface area contributed by atoms with Gasteiger partial charge in [-0.2, -0.15) is 0 Å². The molecule has 1 fully saturated rings. The molecule has 1 amide bonds. The highest BCUT2D eigenvalue weighted by atomic mass is 28.4. The van der Waals surface area contributed by atoms with Crippen molar-refractivity contribution >= 4 is 20.2 Å². The first-order valence-electron chi connectivity index (χ1n) is 8.46. The molecule has 2 heterocycles. The Balaban J connectivity index is 2.27. The van der Waals surface area contributed by atoms with Gasteiger partial charge in [-0.3, -0.25) is 4.79 Å². The molecule has 2 aliphatic heterocycles. The molecule has 0 unspecified atom stereocenters. The molecule has 2 rings (SSSR count). The number of methoxy groups -OCH3 is 2. The summed E-state index contributed by atoms with van der Waals surface area (Å²) >= 11 is 0. The second kappa shape index (κ2) is 6.61. The number of hydrogen-bond donors (Lipinski definition) is 0. The van der Waals surface area contributed by atoms with Gasteiger partial charge in [-0.1, -0.05) is 33.4 Å². The van der Waals surface area contributed by atoms with Gasteiger partial charge in [-0.05, 0) is 23.7 Å². The molecular weight excluding hydrogens is 338 g/mol. The van der Waals surface area contributed by atoms with Crippen LogP contribution in [0.2, 0.25) is 18.1 Å². The lowest BCUT2D eigenvalue weighted by Gasteiger charge is -2.51. The van der Waals surface area contributed by atoms with Crippen molar-refractivity contribution in [3.63, 3.8) is 0 Å². The second-order valence-corrected chi connectivity index (χ2v) is 12.8. The van der Waals surface area contributed by atoms with Gasteiger partial charge >= 0.3 is 5.97 Å². The molecule has 3 atom stereocenters. The molecule has 0 aromatic heterocycles. The monoisotopic (exact) mass is 367 g/mol. The van der Waals surface area contributed by atoms with Crippen LogP contribution in [-0.2, 0) is 23.5 Å². The minimum Gasteiger partial charge on any atom is -0.544 e. The highest BCUT2D eigenvalue weighted by Crippen LogP contribution is 2.41. The summed E-state index contributed by atoms with van der Waals surface area (Å²) in [5, 5.41) is 0.0421. The highest BCUT2D eigenvalue weighted by molar-refractivity contribution is 6.74. The van der Waals surface area contributed by atoms with E-state index in [1.807, 2.05) is 6.08 Å². The fourth-order valence-electron chi connectivity index (χ4n) is 2.92.